The van der Waals surface area contributed by atoms with Gasteiger partial charge in [0.05, 0.1) is 12.3 Å². The second kappa shape index (κ2) is 9.56. The van der Waals surface area contributed by atoms with Gasteiger partial charge in [-0.2, -0.15) is 0 Å². The minimum absolute atomic E-state index is 0.0232. The molecule has 0 aromatic heterocycles. The number of nitrogens with zero attached hydrogens (tertiary/aromatic N) is 2. The molecule has 1 atom stereocenters. The van der Waals surface area contributed by atoms with Crippen molar-refractivity contribution in [1.29, 1.82) is 0 Å². The highest BCUT2D eigenvalue weighted by Gasteiger charge is 2.38. The number of amidine groups is 1. The molecular formula is C21H22FN3O3S. The van der Waals surface area contributed by atoms with E-state index in [4.69, 9.17) is 4.74 Å². The van der Waals surface area contributed by atoms with E-state index in [0.717, 1.165) is 5.75 Å². The quantitative estimate of drug-likeness (QED) is 0.736. The van der Waals surface area contributed by atoms with Gasteiger partial charge in [-0.05, 0) is 56.3 Å². The number of carbonyl (C=O) groups excluding carboxylic acids is 2. The molecule has 2 amide bonds. The molecule has 1 aliphatic heterocycles. The van der Waals surface area contributed by atoms with Crippen LogP contribution in [0.25, 0.3) is 0 Å². The zero-order valence-electron chi connectivity index (χ0n) is 16.2. The van der Waals surface area contributed by atoms with E-state index < -0.39 is 11.1 Å². The number of nitrogens with one attached hydrogen (secondary N) is 1. The lowest BCUT2D eigenvalue weighted by Crippen LogP contribution is -2.33. The van der Waals surface area contributed by atoms with Crippen molar-refractivity contribution in [1.82, 2.24) is 4.90 Å². The van der Waals surface area contributed by atoms with Gasteiger partial charge in [0.15, 0.2) is 5.17 Å². The number of aliphatic imine (C=N–C) groups is 1. The zero-order valence-corrected chi connectivity index (χ0v) is 17.0. The fourth-order valence-electron chi connectivity index (χ4n) is 2.85. The van der Waals surface area contributed by atoms with Crippen molar-refractivity contribution in [3.63, 3.8) is 0 Å². The highest BCUT2D eigenvalue weighted by Crippen LogP contribution is 2.31. The first-order valence-corrected chi connectivity index (χ1v) is 10.2. The van der Waals surface area contributed by atoms with E-state index in [0.29, 0.717) is 29.7 Å². The van der Waals surface area contributed by atoms with E-state index in [-0.39, 0.29) is 18.2 Å². The van der Waals surface area contributed by atoms with Crippen molar-refractivity contribution in [2.45, 2.75) is 25.5 Å². The Kier molecular flexibility index (Phi) is 6.87. The molecule has 2 aromatic carbocycles. The summed E-state index contributed by atoms with van der Waals surface area (Å²) in [6.45, 7) is 4.73. The van der Waals surface area contributed by atoms with E-state index in [9.17, 15) is 14.0 Å². The standard InChI is InChI=1S/C21H22FN3O3S/c1-3-25-20(27)18(29-21(25)24-16-7-5-6-14(22)12-16)13-19(26)23-15-8-10-17(11-9-15)28-4-2/h5-12,18H,3-4,13H2,1-2H3,(H,23,26)/t18-/m1/s1. The summed E-state index contributed by atoms with van der Waals surface area (Å²) >= 11 is 1.22. The van der Waals surface area contributed by atoms with Crippen LogP contribution in [0.3, 0.4) is 0 Å². The van der Waals surface area contributed by atoms with E-state index in [2.05, 4.69) is 10.3 Å². The number of hydrogen-bond acceptors (Lipinski definition) is 5. The Labute approximate surface area is 173 Å². The van der Waals surface area contributed by atoms with Crippen LogP contribution in [0.4, 0.5) is 15.8 Å². The van der Waals surface area contributed by atoms with Gasteiger partial charge in [0, 0.05) is 18.7 Å². The Morgan fingerprint density at radius 2 is 2.00 bits per heavy atom. The molecule has 8 heteroatoms. The largest absolute Gasteiger partial charge is 0.494 e. The monoisotopic (exact) mass is 415 g/mol. The first-order valence-electron chi connectivity index (χ1n) is 9.35. The molecule has 1 aliphatic rings. The number of ether oxygens (including phenoxy) is 1. The third-order valence-corrected chi connectivity index (χ3v) is 5.36. The predicted octanol–water partition coefficient (Wildman–Crippen LogP) is 4.20. The van der Waals surface area contributed by atoms with Crippen LogP contribution >= 0.6 is 11.8 Å². The van der Waals surface area contributed by atoms with Crippen molar-refractivity contribution in [3.05, 3.63) is 54.3 Å². The predicted molar refractivity (Wildman–Crippen MR) is 113 cm³/mol. The molecule has 0 saturated carbocycles. The van der Waals surface area contributed by atoms with Crippen molar-refractivity contribution < 1.29 is 18.7 Å². The Bertz CT molecular complexity index is 918. The molecule has 1 fully saturated rings. The third-order valence-electron chi connectivity index (χ3n) is 4.19. The molecule has 1 heterocycles. The van der Waals surface area contributed by atoms with Crippen LogP contribution in [0.2, 0.25) is 0 Å². The number of anilines is 1. The molecule has 6 nitrogen and oxygen atoms in total. The van der Waals surface area contributed by atoms with Crippen LogP contribution in [0.15, 0.2) is 53.5 Å². The first-order chi connectivity index (χ1) is 14.0. The van der Waals surface area contributed by atoms with Crippen molar-refractivity contribution in [2.75, 3.05) is 18.5 Å². The van der Waals surface area contributed by atoms with Crippen LogP contribution in [0, 0.1) is 5.82 Å². The third kappa shape index (κ3) is 5.35. The second-order valence-corrected chi connectivity index (χ2v) is 7.44. The van der Waals surface area contributed by atoms with Gasteiger partial charge in [-0.25, -0.2) is 9.38 Å². The molecule has 29 heavy (non-hydrogen) atoms. The van der Waals surface area contributed by atoms with E-state index in [1.165, 1.54) is 28.8 Å². The number of carbonyl (C=O) groups is 2. The molecule has 0 spiro atoms. The lowest BCUT2D eigenvalue weighted by molar-refractivity contribution is -0.128. The van der Waals surface area contributed by atoms with Crippen molar-refractivity contribution in [3.8, 4) is 5.75 Å². The molecule has 2 aromatic rings. The van der Waals surface area contributed by atoms with Gasteiger partial charge < -0.3 is 10.1 Å². The normalized spacial score (nSPS) is 17.6. The summed E-state index contributed by atoms with van der Waals surface area (Å²) in [5, 5.41) is 2.70. The maximum absolute atomic E-state index is 13.4. The minimum atomic E-state index is -0.565. The first kappa shape index (κ1) is 20.9. The number of thioether (sulfide) groups is 1. The highest BCUT2D eigenvalue weighted by molar-refractivity contribution is 8.15. The molecular weight excluding hydrogens is 393 g/mol. The van der Waals surface area contributed by atoms with Crippen LogP contribution < -0.4 is 10.1 Å². The Morgan fingerprint density at radius 1 is 1.24 bits per heavy atom. The van der Waals surface area contributed by atoms with Gasteiger partial charge in [0.1, 0.15) is 16.8 Å². The molecule has 3 rings (SSSR count). The van der Waals surface area contributed by atoms with Crippen molar-refractivity contribution in [2.24, 2.45) is 4.99 Å². The maximum Gasteiger partial charge on any atom is 0.242 e. The summed E-state index contributed by atoms with van der Waals surface area (Å²) < 4.78 is 18.8. The molecule has 0 unspecified atom stereocenters. The van der Waals surface area contributed by atoms with Gasteiger partial charge in [-0.3, -0.25) is 14.5 Å². The molecule has 0 aliphatic carbocycles. The zero-order chi connectivity index (χ0) is 20.8. The molecule has 0 bridgehead atoms. The topological polar surface area (TPSA) is 71.0 Å². The fraction of sp³-hybridized carbons (Fsp3) is 0.286. The summed E-state index contributed by atoms with van der Waals surface area (Å²) in [6.07, 6.45) is 0.0232. The molecule has 1 N–H and O–H groups in total. The van der Waals surface area contributed by atoms with Crippen LogP contribution in [0.1, 0.15) is 20.3 Å². The number of benzene rings is 2. The van der Waals surface area contributed by atoms with Gasteiger partial charge in [0.2, 0.25) is 11.8 Å². The van der Waals surface area contributed by atoms with Gasteiger partial charge in [0.25, 0.3) is 0 Å². The summed E-state index contributed by atoms with van der Waals surface area (Å²) in [4.78, 5) is 31.0. The van der Waals surface area contributed by atoms with Crippen LogP contribution in [-0.2, 0) is 9.59 Å². The number of halogens is 1. The lowest BCUT2D eigenvalue weighted by Gasteiger charge is -2.13. The molecule has 1 saturated heterocycles. The van der Waals surface area contributed by atoms with E-state index in [1.807, 2.05) is 13.8 Å². The Hall–Kier alpha value is -2.87. The minimum Gasteiger partial charge on any atom is -0.494 e. The van der Waals surface area contributed by atoms with Crippen molar-refractivity contribution >= 4 is 40.1 Å². The summed E-state index contributed by atoms with van der Waals surface area (Å²) in [5.74, 6) is -0.100. The maximum atomic E-state index is 13.4. The number of rotatable bonds is 7. The summed E-state index contributed by atoms with van der Waals surface area (Å²) in [6, 6.07) is 12.9. The number of hydrogen-bond donors (Lipinski definition) is 1. The summed E-state index contributed by atoms with van der Waals surface area (Å²) in [5.41, 5.74) is 1.06. The number of amides is 2. The SMILES string of the molecule is CCOc1ccc(NC(=O)C[C@H]2SC(=Nc3cccc(F)c3)N(CC)C2=O)cc1. The second-order valence-electron chi connectivity index (χ2n) is 6.27. The lowest BCUT2D eigenvalue weighted by atomic mass is 10.2. The van der Waals surface area contributed by atoms with Crippen LogP contribution in [0.5, 0.6) is 5.75 Å². The average Bonchev–Trinajstić information content (AvgIpc) is 2.97. The molecule has 0 radical (unpaired) electrons. The fourth-order valence-corrected chi connectivity index (χ4v) is 4.08. The molecule has 152 valence electrons. The Morgan fingerprint density at radius 3 is 2.66 bits per heavy atom. The Balaban J connectivity index is 1.66. The van der Waals surface area contributed by atoms with Gasteiger partial charge in [-0.1, -0.05) is 17.8 Å². The van der Waals surface area contributed by atoms with E-state index in [1.54, 1.807) is 36.4 Å². The van der Waals surface area contributed by atoms with Crippen LogP contribution in [-0.4, -0.2) is 40.3 Å². The summed E-state index contributed by atoms with van der Waals surface area (Å²) in [7, 11) is 0. The average molecular weight is 415 g/mol. The smallest absolute Gasteiger partial charge is 0.242 e. The van der Waals surface area contributed by atoms with Gasteiger partial charge in [-0.15, -0.1) is 0 Å². The highest BCUT2D eigenvalue weighted by atomic mass is 32.2. The van der Waals surface area contributed by atoms with E-state index >= 15 is 0 Å². The van der Waals surface area contributed by atoms with Gasteiger partial charge >= 0.3 is 0 Å².